The smallest absolute Gasteiger partial charge is 0.407 e. The van der Waals surface area contributed by atoms with Gasteiger partial charge in [0.1, 0.15) is 23.4 Å². The average Bonchev–Trinajstić information content (AvgIpc) is 2.89. The fourth-order valence-electron chi connectivity index (χ4n) is 3.57. The van der Waals surface area contributed by atoms with Crippen molar-refractivity contribution in [3.8, 4) is 0 Å². The lowest BCUT2D eigenvalue weighted by Gasteiger charge is -2.41. The Morgan fingerprint density at radius 2 is 1.96 bits per heavy atom. The highest BCUT2D eigenvalue weighted by atomic mass is 16.6. The minimum absolute atomic E-state index is 0.0644. The molecule has 1 saturated carbocycles. The molecule has 0 bridgehead atoms. The Morgan fingerprint density at radius 3 is 2.52 bits per heavy atom. The second kappa shape index (κ2) is 6.89. The van der Waals surface area contributed by atoms with Crippen LogP contribution in [0.2, 0.25) is 0 Å². The molecule has 1 atom stereocenters. The van der Waals surface area contributed by atoms with Crippen LogP contribution in [0.15, 0.2) is 0 Å². The minimum Gasteiger partial charge on any atom is -0.458 e. The maximum atomic E-state index is 11.9. The van der Waals surface area contributed by atoms with Gasteiger partial charge in [0.05, 0.1) is 0 Å². The van der Waals surface area contributed by atoms with Gasteiger partial charge in [0.2, 0.25) is 0 Å². The topological polar surface area (TPSA) is 81.7 Å². The zero-order valence-electron chi connectivity index (χ0n) is 14.3. The number of cyclic esters (lactones) is 1. The molecule has 6 nitrogen and oxygen atoms in total. The van der Waals surface area contributed by atoms with E-state index >= 15 is 0 Å². The Kier molecular flexibility index (Phi) is 5.32. The van der Waals surface area contributed by atoms with E-state index in [1.807, 2.05) is 0 Å². The highest BCUT2D eigenvalue weighted by Crippen LogP contribution is 2.43. The van der Waals surface area contributed by atoms with E-state index < -0.39 is 23.3 Å². The van der Waals surface area contributed by atoms with Crippen molar-refractivity contribution in [2.24, 2.45) is 5.92 Å². The van der Waals surface area contributed by atoms with Crippen LogP contribution in [0.3, 0.4) is 0 Å². The minimum atomic E-state index is -0.752. The van der Waals surface area contributed by atoms with Crippen molar-refractivity contribution in [2.45, 2.75) is 76.9 Å². The number of ketones is 1. The lowest BCUT2D eigenvalue weighted by molar-refractivity contribution is -0.178. The Morgan fingerprint density at radius 1 is 1.30 bits per heavy atom. The lowest BCUT2D eigenvalue weighted by atomic mass is 9.77. The first-order valence-corrected chi connectivity index (χ1v) is 8.41. The molecule has 0 aromatic carbocycles. The van der Waals surface area contributed by atoms with Gasteiger partial charge in [-0.3, -0.25) is 9.59 Å². The second-order valence-electron chi connectivity index (χ2n) is 7.59. The number of ether oxygens (including phenoxy) is 2. The molecule has 2 rings (SSSR count). The second-order valence-corrected chi connectivity index (χ2v) is 7.59. The van der Waals surface area contributed by atoms with E-state index in [4.69, 9.17) is 9.47 Å². The van der Waals surface area contributed by atoms with Gasteiger partial charge in [-0.05, 0) is 39.5 Å². The Hall–Kier alpha value is -1.59. The molecule has 1 aliphatic heterocycles. The molecular formula is C17H27NO5. The van der Waals surface area contributed by atoms with Crippen molar-refractivity contribution in [1.29, 1.82) is 0 Å². The molecule has 1 amide bonds. The van der Waals surface area contributed by atoms with Crippen LogP contribution in [0.4, 0.5) is 4.79 Å². The molecule has 6 heteroatoms. The van der Waals surface area contributed by atoms with Gasteiger partial charge in [-0.1, -0.05) is 12.8 Å². The van der Waals surface area contributed by atoms with Crippen LogP contribution in [0.1, 0.15) is 65.7 Å². The van der Waals surface area contributed by atoms with Gasteiger partial charge in [-0.25, -0.2) is 4.79 Å². The normalized spacial score (nSPS) is 26.0. The van der Waals surface area contributed by atoms with E-state index in [2.05, 4.69) is 5.32 Å². The van der Waals surface area contributed by atoms with E-state index in [1.165, 1.54) is 0 Å². The maximum absolute atomic E-state index is 11.9. The van der Waals surface area contributed by atoms with Crippen molar-refractivity contribution < 1.29 is 23.9 Å². The van der Waals surface area contributed by atoms with Crippen molar-refractivity contribution in [1.82, 2.24) is 5.32 Å². The summed E-state index contributed by atoms with van der Waals surface area (Å²) in [4.78, 5) is 35.4. The van der Waals surface area contributed by atoms with E-state index in [1.54, 1.807) is 20.8 Å². The van der Waals surface area contributed by atoms with Crippen LogP contribution in [-0.4, -0.2) is 35.6 Å². The lowest BCUT2D eigenvalue weighted by Crippen LogP contribution is -2.49. The van der Waals surface area contributed by atoms with Gasteiger partial charge >= 0.3 is 12.1 Å². The molecule has 2 aliphatic rings. The van der Waals surface area contributed by atoms with Gasteiger partial charge in [0, 0.05) is 19.4 Å². The fraction of sp³-hybridized carbons (Fsp3) is 0.824. The van der Waals surface area contributed by atoms with E-state index in [0.717, 1.165) is 25.7 Å². The van der Waals surface area contributed by atoms with Gasteiger partial charge in [-0.2, -0.15) is 0 Å². The highest BCUT2D eigenvalue weighted by molar-refractivity contribution is 5.98. The summed E-state index contributed by atoms with van der Waals surface area (Å²) in [5.41, 5.74) is -1.31. The quantitative estimate of drug-likeness (QED) is 0.635. The summed E-state index contributed by atoms with van der Waals surface area (Å²) >= 11 is 0. The number of nitrogens with one attached hydrogen (secondary N) is 1. The number of esters is 1. The predicted octanol–water partition coefficient (Wildman–Crippen LogP) is 2.74. The number of carbonyl (C=O) groups is 3. The van der Waals surface area contributed by atoms with E-state index in [0.29, 0.717) is 13.0 Å². The third-order valence-electron chi connectivity index (χ3n) is 4.47. The van der Waals surface area contributed by atoms with Crippen LogP contribution in [-0.2, 0) is 19.1 Å². The summed E-state index contributed by atoms with van der Waals surface area (Å²) in [7, 11) is 0. The SMILES string of the molecule is CC(C)(C)OC(=O)NCCC1(C2CCCC2)CC(=O)CC(=O)O1. The Bertz CT molecular complexity index is 458. The molecule has 130 valence electrons. The van der Waals surface area contributed by atoms with Crippen molar-refractivity contribution >= 4 is 17.8 Å². The number of hydrogen-bond acceptors (Lipinski definition) is 5. The number of amides is 1. The molecule has 1 aliphatic carbocycles. The van der Waals surface area contributed by atoms with Crippen LogP contribution >= 0.6 is 0 Å². The molecule has 0 spiro atoms. The molecule has 0 aromatic rings. The summed E-state index contributed by atoms with van der Waals surface area (Å²) in [6.07, 6.45) is 4.21. The summed E-state index contributed by atoms with van der Waals surface area (Å²) in [6, 6.07) is 0. The number of rotatable bonds is 4. The third-order valence-corrected chi connectivity index (χ3v) is 4.47. The van der Waals surface area contributed by atoms with Gasteiger partial charge in [0.15, 0.2) is 0 Å². The number of alkyl carbamates (subject to hydrolysis) is 1. The standard InChI is InChI=1S/C17H27NO5/c1-16(2,3)23-15(21)18-9-8-17(12-6-4-5-7-12)11-13(19)10-14(20)22-17/h12H,4-11H2,1-3H3,(H,18,21). The largest absolute Gasteiger partial charge is 0.458 e. The van der Waals surface area contributed by atoms with Crippen molar-refractivity contribution in [2.75, 3.05) is 6.54 Å². The number of Topliss-reactive ketones (excluding diaryl/α,β-unsaturated/α-hetero) is 1. The first-order chi connectivity index (χ1) is 10.7. The van der Waals surface area contributed by atoms with Crippen molar-refractivity contribution in [3.05, 3.63) is 0 Å². The monoisotopic (exact) mass is 325 g/mol. The summed E-state index contributed by atoms with van der Waals surface area (Å²) in [6.45, 7) is 5.72. The maximum Gasteiger partial charge on any atom is 0.407 e. The Balaban J connectivity index is 1.97. The first kappa shape index (κ1) is 17.8. The molecule has 0 aromatic heterocycles. The molecule has 1 N–H and O–H groups in total. The molecule has 23 heavy (non-hydrogen) atoms. The van der Waals surface area contributed by atoms with Gasteiger partial charge < -0.3 is 14.8 Å². The zero-order valence-corrected chi connectivity index (χ0v) is 14.3. The van der Waals surface area contributed by atoms with Crippen LogP contribution in [0.25, 0.3) is 0 Å². The third kappa shape index (κ3) is 4.94. The van der Waals surface area contributed by atoms with Gasteiger partial charge in [-0.15, -0.1) is 0 Å². The molecule has 2 fully saturated rings. The van der Waals surface area contributed by atoms with Crippen LogP contribution in [0.5, 0.6) is 0 Å². The van der Waals surface area contributed by atoms with Crippen LogP contribution < -0.4 is 5.32 Å². The summed E-state index contributed by atoms with van der Waals surface area (Å²) in [5, 5.41) is 2.70. The summed E-state index contributed by atoms with van der Waals surface area (Å²) < 4.78 is 10.9. The first-order valence-electron chi connectivity index (χ1n) is 8.41. The van der Waals surface area contributed by atoms with Gasteiger partial charge in [0.25, 0.3) is 0 Å². The number of hydrogen-bond donors (Lipinski definition) is 1. The molecule has 1 saturated heterocycles. The predicted molar refractivity (Wildman–Crippen MR) is 83.9 cm³/mol. The zero-order chi connectivity index (χ0) is 17.1. The van der Waals surface area contributed by atoms with Crippen LogP contribution in [0, 0.1) is 5.92 Å². The molecule has 1 heterocycles. The Labute approximate surface area is 137 Å². The van der Waals surface area contributed by atoms with E-state index in [-0.39, 0.29) is 24.5 Å². The molecular weight excluding hydrogens is 298 g/mol. The molecule has 1 unspecified atom stereocenters. The molecule has 0 radical (unpaired) electrons. The van der Waals surface area contributed by atoms with E-state index in [9.17, 15) is 14.4 Å². The average molecular weight is 325 g/mol. The van der Waals surface area contributed by atoms with Crippen molar-refractivity contribution in [3.63, 3.8) is 0 Å². The highest BCUT2D eigenvalue weighted by Gasteiger charge is 2.47. The summed E-state index contributed by atoms with van der Waals surface area (Å²) in [5.74, 6) is -0.299. The fourth-order valence-corrected chi connectivity index (χ4v) is 3.57. The number of carbonyl (C=O) groups excluding carboxylic acids is 3.